The SMILES string of the molecule is Cc1ccccc1OCC(=O)NCCCC1CCS(=O)(=O)C1. The number of hydrogen-bond acceptors (Lipinski definition) is 4. The smallest absolute Gasteiger partial charge is 0.257 e. The molecule has 1 saturated heterocycles. The van der Waals surface area contributed by atoms with Gasteiger partial charge in [0.1, 0.15) is 5.75 Å². The maximum atomic E-state index is 11.7. The molecule has 1 unspecified atom stereocenters. The third kappa shape index (κ3) is 5.33. The summed E-state index contributed by atoms with van der Waals surface area (Å²) in [6.07, 6.45) is 2.40. The second-order valence-corrected chi connectivity index (χ2v) is 8.04. The Morgan fingerprint density at radius 3 is 2.82 bits per heavy atom. The maximum Gasteiger partial charge on any atom is 0.257 e. The minimum atomic E-state index is -2.80. The molecule has 0 spiro atoms. The largest absolute Gasteiger partial charge is 0.484 e. The van der Waals surface area contributed by atoms with Crippen molar-refractivity contribution in [1.82, 2.24) is 5.32 Å². The van der Waals surface area contributed by atoms with Gasteiger partial charge in [0.05, 0.1) is 11.5 Å². The van der Waals surface area contributed by atoms with Crippen molar-refractivity contribution in [2.45, 2.75) is 26.2 Å². The number of nitrogens with one attached hydrogen (secondary N) is 1. The van der Waals surface area contributed by atoms with Crippen molar-refractivity contribution in [2.75, 3.05) is 24.7 Å². The Morgan fingerprint density at radius 1 is 1.36 bits per heavy atom. The summed E-state index contributed by atoms with van der Waals surface area (Å²) in [7, 11) is -2.80. The van der Waals surface area contributed by atoms with E-state index < -0.39 is 9.84 Å². The van der Waals surface area contributed by atoms with Crippen LogP contribution in [0.15, 0.2) is 24.3 Å². The third-order valence-corrected chi connectivity index (χ3v) is 5.73. The second kappa shape index (κ2) is 7.63. The molecule has 1 N–H and O–H groups in total. The molecule has 1 amide bonds. The number of benzene rings is 1. The fourth-order valence-corrected chi connectivity index (χ4v) is 4.54. The van der Waals surface area contributed by atoms with E-state index in [1.165, 1.54) is 0 Å². The van der Waals surface area contributed by atoms with Crippen LogP contribution in [-0.4, -0.2) is 39.0 Å². The number of ether oxygens (including phenoxy) is 1. The van der Waals surface area contributed by atoms with Crippen molar-refractivity contribution in [3.63, 3.8) is 0 Å². The molecule has 1 atom stereocenters. The molecule has 1 fully saturated rings. The first kappa shape index (κ1) is 16.8. The lowest BCUT2D eigenvalue weighted by Gasteiger charge is -2.10. The van der Waals surface area contributed by atoms with E-state index in [-0.39, 0.29) is 18.4 Å². The fourth-order valence-electron chi connectivity index (χ4n) is 2.63. The van der Waals surface area contributed by atoms with Gasteiger partial charge in [0.15, 0.2) is 16.4 Å². The van der Waals surface area contributed by atoms with E-state index in [0.29, 0.717) is 23.8 Å². The van der Waals surface area contributed by atoms with Crippen molar-refractivity contribution in [3.8, 4) is 5.75 Å². The maximum absolute atomic E-state index is 11.7. The monoisotopic (exact) mass is 325 g/mol. The Bertz CT molecular complexity index is 612. The number of para-hydroxylation sites is 1. The van der Waals surface area contributed by atoms with Gasteiger partial charge >= 0.3 is 0 Å². The summed E-state index contributed by atoms with van der Waals surface area (Å²) < 4.78 is 28.2. The number of hydrogen-bond donors (Lipinski definition) is 1. The molecule has 0 saturated carbocycles. The Hall–Kier alpha value is -1.56. The molecule has 0 aliphatic carbocycles. The normalized spacial score (nSPS) is 19.8. The fraction of sp³-hybridized carbons (Fsp3) is 0.562. The molecular formula is C16H23NO4S. The topological polar surface area (TPSA) is 72.5 Å². The number of rotatable bonds is 7. The van der Waals surface area contributed by atoms with Crippen molar-refractivity contribution in [3.05, 3.63) is 29.8 Å². The van der Waals surface area contributed by atoms with Crippen LogP contribution in [0.2, 0.25) is 0 Å². The van der Waals surface area contributed by atoms with Crippen molar-refractivity contribution in [2.24, 2.45) is 5.92 Å². The molecule has 1 heterocycles. The summed E-state index contributed by atoms with van der Waals surface area (Å²) in [5, 5.41) is 2.80. The summed E-state index contributed by atoms with van der Waals surface area (Å²) in [6, 6.07) is 7.56. The zero-order chi connectivity index (χ0) is 16.0. The van der Waals surface area contributed by atoms with E-state index in [0.717, 1.165) is 24.8 Å². The van der Waals surface area contributed by atoms with Gasteiger partial charge in [0.2, 0.25) is 0 Å². The van der Waals surface area contributed by atoms with Gasteiger partial charge in [-0.15, -0.1) is 0 Å². The van der Waals surface area contributed by atoms with Gasteiger partial charge in [0.25, 0.3) is 5.91 Å². The molecule has 1 aliphatic heterocycles. The Morgan fingerprint density at radius 2 is 2.14 bits per heavy atom. The van der Waals surface area contributed by atoms with Gasteiger partial charge < -0.3 is 10.1 Å². The van der Waals surface area contributed by atoms with Gasteiger partial charge in [-0.1, -0.05) is 18.2 Å². The average molecular weight is 325 g/mol. The van der Waals surface area contributed by atoms with Gasteiger partial charge in [-0.05, 0) is 43.7 Å². The highest BCUT2D eigenvalue weighted by Gasteiger charge is 2.27. The number of carbonyl (C=O) groups is 1. The zero-order valence-corrected chi connectivity index (χ0v) is 13.7. The second-order valence-electron chi connectivity index (χ2n) is 5.82. The standard InChI is InChI=1S/C16H23NO4S/c1-13-5-2-3-7-15(13)21-11-16(18)17-9-4-6-14-8-10-22(19,20)12-14/h2-3,5,7,14H,4,6,8-12H2,1H3,(H,17,18). The first-order valence-corrected chi connectivity index (χ1v) is 9.44. The van der Waals surface area contributed by atoms with Gasteiger partial charge in [-0.25, -0.2) is 8.42 Å². The molecule has 0 radical (unpaired) electrons. The molecule has 6 heteroatoms. The predicted octanol–water partition coefficient (Wildman–Crippen LogP) is 1.70. The lowest BCUT2D eigenvalue weighted by atomic mass is 10.0. The van der Waals surface area contributed by atoms with E-state index in [2.05, 4.69) is 5.32 Å². The van der Waals surface area contributed by atoms with Crippen LogP contribution in [0.3, 0.4) is 0 Å². The van der Waals surface area contributed by atoms with Crippen LogP contribution in [0.25, 0.3) is 0 Å². The molecule has 0 bridgehead atoms. The minimum absolute atomic E-state index is 0.00264. The summed E-state index contributed by atoms with van der Waals surface area (Å²) in [5.74, 6) is 1.44. The van der Waals surface area contributed by atoms with Crippen LogP contribution >= 0.6 is 0 Å². The first-order valence-electron chi connectivity index (χ1n) is 7.62. The molecule has 5 nitrogen and oxygen atoms in total. The quantitative estimate of drug-likeness (QED) is 0.775. The van der Waals surface area contributed by atoms with E-state index in [1.807, 2.05) is 31.2 Å². The van der Waals surface area contributed by atoms with E-state index in [9.17, 15) is 13.2 Å². The average Bonchev–Trinajstić information content (AvgIpc) is 2.82. The summed E-state index contributed by atoms with van der Waals surface area (Å²) in [4.78, 5) is 11.7. The molecule has 22 heavy (non-hydrogen) atoms. The molecule has 122 valence electrons. The Kier molecular flexibility index (Phi) is 5.83. The Labute approximate surface area is 132 Å². The molecule has 2 rings (SSSR count). The van der Waals surface area contributed by atoms with Crippen molar-refractivity contribution in [1.29, 1.82) is 0 Å². The van der Waals surface area contributed by atoms with Crippen LogP contribution in [-0.2, 0) is 14.6 Å². The molecule has 0 aromatic heterocycles. The van der Waals surface area contributed by atoms with E-state index in [4.69, 9.17) is 4.74 Å². The number of aryl methyl sites for hydroxylation is 1. The summed E-state index contributed by atoms with van der Waals surface area (Å²) >= 11 is 0. The molecule has 1 aliphatic rings. The lowest BCUT2D eigenvalue weighted by molar-refractivity contribution is -0.123. The highest BCUT2D eigenvalue weighted by molar-refractivity contribution is 7.91. The lowest BCUT2D eigenvalue weighted by Crippen LogP contribution is -2.30. The van der Waals surface area contributed by atoms with Gasteiger partial charge in [-0.2, -0.15) is 0 Å². The van der Waals surface area contributed by atoms with Crippen molar-refractivity contribution >= 4 is 15.7 Å². The number of amides is 1. The highest BCUT2D eigenvalue weighted by atomic mass is 32.2. The molecule has 1 aromatic carbocycles. The highest BCUT2D eigenvalue weighted by Crippen LogP contribution is 2.22. The zero-order valence-electron chi connectivity index (χ0n) is 12.9. The van der Waals surface area contributed by atoms with Crippen LogP contribution in [0.4, 0.5) is 0 Å². The number of carbonyl (C=O) groups excluding carboxylic acids is 1. The first-order chi connectivity index (χ1) is 10.5. The molecule has 1 aromatic rings. The van der Waals surface area contributed by atoms with Crippen molar-refractivity contribution < 1.29 is 17.9 Å². The van der Waals surface area contributed by atoms with Crippen LogP contribution in [0.5, 0.6) is 5.75 Å². The summed E-state index contributed by atoms with van der Waals surface area (Å²) in [6.45, 7) is 2.50. The molecular weight excluding hydrogens is 302 g/mol. The summed E-state index contributed by atoms with van der Waals surface area (Å²) in [5.41, 5.74) is 0.998. The predicted molar refractivity (Wildman–Crippen MR) is 85.7 cm³/mol. The van der Waals surface area contributed by atoms with Gasteiger partial charge in [-0.3, -0.25) is 4.79 Å². The Balaban J connectivity index is 1.59. The van der Waals surface area contributed by atoms with Gasteiger partial charge in [0, 0.05) is 6.54 Å². The van der Waals surface area contributed by atoms with Crippen LogP contribution in [0, 0.1) is 12.8 Å². The third-order valence-electron chi connectivity index (χ3n) is 3.89. The van der Waals surface area contributed by atoms with Crippen LogP contribution in [0.1, 0.15) is 24.8 Å². The van der Waals surface area contributed by atoms with Crippen LogP contribution < -0.4 is 10.1 Å². The number of sulfone groups is 1. The van der Waals surface area contributed by atoms with E-state index >= 15 is 0 Å². The minimum Gasteiger partial charge on any atom is -0.484 e. The van der Waals surface area contributed by atoms with E-state index in [1.54, 1.807) is 0 Å².